The Morgan fingerprint density at radius 2 is 1.19 bits per heavy atom. The van der Waals surface area contributed by atoms with Crippen LogP contribution in [0.25, 0.3) is 0 Å². The molecule has 0 saturated carbocycles. The summed E-state index contributed by atoms with van der Waals surface area (Å²) in [5, 5.41) is 49.0. The fourth-order valence-corrected chi connectivity index (χ4v) is 8.26. The lowest BCUT2D eigenvalue weighted by Crippen LogP contribution is -2.56. The molecule has 0 spiro atoms. The van der Waals surface area contributed by atoms with Crippen LogP contribution in [0.3, 0.4) is 0 Å². The van der Waals surface area contributed by atoms with Crippen molar-refractivity contribution in [1.82, 2.24) is 20.4 Å². The number of phosphoric acid groups is 3. The average Bonchev–Trinajstić information content (AvgIpc) is 3.39. The molecule has 47 heavy (non-hydrogen) atoms. The number of carbonyl (C=O) groups is 3. The molecule has 4 aliphatic rings. The van der Waals surface area contributed by atoms with Crippen LogP contribution in [0.4, 0.5) is 9.59 Å². The van der Waals surface area contributed by atoms with E-state index in [1.807, 2.05) is 5.32 Å². The topological polar surface area (TPSA) is 352 Å². The van der Waals surface area contributed by atoms with Gasteiger partial charge in [-0.2, -0.15) is 8.62 Å². The third-order valence-corrected chi connectivity index (χ3v) is 11.1. The maximum atomic E-state index is 12.4. The number of imide groups is 1. The summed E-state index contributed by atoms with van der Waals surface area (Å²) in [4.78, 5) is 71.7. The van der Waals surface area contributed by atoms with E-state index in [9.17, 15) is 63.2 Å². The number of oxime groups is 1. The number of hydrogen-bond acceptors (Lipinski definition) is 18. The van der Waals surface area contributed by atoms with Gasteiger partial charge >= 0.3 is 35.5 Å². The molecule has 0 radical (unpaired) electrons. The number of hydrogen-bond donors (Lipinski definition) is 9. The number of ether oxygens (including phenoxy) is 2. The van der Waals surface area contributed by atoms with E-state index >= 15 is 0 Å². The summed E-state index contributed by atoms with van der Waals surface area (Å²) in [6.45, 7) is -2.42. The molecule has 28 heteroatoms. The van der Waals surface area contributed by atoms with Crippen LogP contribution in [-0.2, 0) is 50.5 Å². The second kappa shape index (κ2) is 14.8. The van der Waals surface area contributed by atoms with Crippen LogP contribution in [0.1, 0.15) is 12.8 Å². The molecule has 268 valence electrons. The lowest BCUT2D eigenvalue weighted by Gasteiger charge is -2.33. The van der Waals surface area contributed by atoms with Gasteiger partial charge in [0.15, 0.2) is 18.3 Å². The molecule has 5 amide bonds. The van der Waals surface area contributed by atoms with Gasteiger partial charge in [0.1, 0.15) is 43.7 Å². The monoisotopic (exact) mass is 743 g/mol. The minimum absolute atomic E-state index is 0.0449. The zero-order valence-electron chi connectivity index (χ0n) is 24.0. The van der Waals surface area contributed by atoms with Crippen molar-refractivity contribution in [3.63, 3.8) is 0 Å². The molecule has 4 aliphatic heterocycles. The summed E-state index contributed by atoms with van der Waals surface area (Å²) < 4.78 is 64.5. The van der Waals surface area contributed by atoms with Gasteiger partial charge in [0.2, 0.25) is 5.91 Å². The van der Waals surface area contributed by atoms with E-state index in [1.54, 1.807) is 0 Å². The number of nitrogens with one attached hydrogen (secondary N) is 2. The van der Waals surface area contributed by atoms with E-state index in [0.29, 0.717) is 0 Å². The van der Waals surface area contributed by atoms with E-state index in [1.165, 1.54) is 7.11 Å². The first-order chi connectivity index (χ1) is 21.8. The maximum Gasteiger partial charge on any atom is 0.490 e. The molecule has 0 aromatic rings. The minimum Gasteiger partial charge on any atom is -0.398 e. The van der Waals surface area contributed by atoms with Gasteiger partial charge in [-0.15, -0.1) is 0 Å². The van der Waals surface area contributed by atoms with Crippen LogP contribution >= 0.6 is 23.5 Å². The van der Waals surface area contributed by atoms with Crippen LogP contribution < -0.4 is 10.6 Å². The Morgan fingerprint density at radius 3 is 1.62 bits per heavy atom. The number of urea groups is 2. The maximum absolute atomic E-state index is 12.4. The number of nitrogens with zero attached hydrogens (tertiary/aromatic N) is 3. The standard InChI is InChI=1S/C19H32N5O20P3/c1-38-22-10-2-4-23(18(30)20-10)16-14(28)12(26)8(41-16)6-39-45(32,33)43-47(36,37)44-46(34,35)40-7-9-13(27)15(29)17(42-9)24-5-3-11(25)21-19(24)31/h8-9,12-17,26-29H,2-7H2,1H3,(H,32,33)(H,34,35)(H,36,37)(H,20,22,30)(H,21,25,31)/t8-,9+,12-,13+,14-,15+,16-,17+/m1/s1. The zero-order valence-corrected chi connectivity index (χ0v) is 26.7. The third kappa shape index (κ3) is 9.30. The Hall–Kier alpha value is -2.15. The Labute approximate surface area is 263 Å². The van der Waals surface area contributed by atoms with Gasteiger partial charge < -0.3 is 49.4 Å². The Bertz CT molecular complexity index is 1390. The van der Waals surface area contributed by atoms with Gasteiger partial charge in [0.05, 0.1) is 13.2 Å². The van der Waals surface area contributed by atoms with Crippen molar-refractivity contribution in [2.75, 3.05) is 33.4 Å². The first-order valence-corrected chi connectivity index (χ1v) is 17.8. The quantitative estimate of drug-likeness (QED) is 0.0654. The summed E-state index contributed by atoms with van der Waals surface area (Å²) >= 11 is 0. The molecule has 0 aromatic carbocycles. The molecule has 0 bridgehead atoms. The van der Waals surface area contributed by atoms with Crippen molar-refractivity contribution in [3.05, 3.63) is 0 Å². The SMILES string of the molecule is CO/N=C1/CCN([C@@H]2O[C@H](COP(=O)(O)OP(=O)(O)OP(=O)(O)OC[C@@H]3O[C@H](N4CCC(=O)NC4=O)[C@@H](O)[C@H]3O)[C@@H](O)[C@H]2O)C(=O)N1. The van der Waals surface area contributed by atoms with E-state index < -0.39 is 104 Å². The predicted molar refractivity (Wildman–Crippen MR) is 144 cm³/mol. The van der Waals surface area contributed by atoms with Crippen LogP contribution in [-0.4, -0.2) is 151 Å². The zero-order chi connectivity index (χ0) is 34.9. The van der Waals surface area contributed by atoms with Gasteiger partial charge in [0.25, 0.3) is 0 Å². The third-order valence-electron chi connectivity index (χ3n) is 6.90. The molecule has 4 fully saturated rings. The summed E-state index contributed by atoms with van der Waals surface area (Å²) in [7, 11) is -16.0. The number of aliphatic hydroxyl groups is 4. The summed E-state index contributed by atoms with van der Waals surface area (Å²) in [5.74, 6) is -0.423. The normalized spacial score (nSPS) is 36.4. The van der Waals surface area contributed by atoms with Crippen LogP contribution in [0.15, 0.2) is 5.16 Å². The van der Waals surface area contributed by atoms with Crippen molar-refractivity contribution in [2.45, 2.75) is 61.9 Å². The van der Waals surface area contributed by atoms with Crippen LogP contribution in [0.5, 0.6) is 0 Å². The molecular weight excluding hydrogens is 711 g/mol. The fraction of sp³-hybridized carbons (Fsp3) is 0.789. The van der Waals surface area contributed by atoms with Gasteiger partial charge in [-0.05, 0) is 0 Å². The molecule has 25 nitrogen and oxygen atoms in total. The van der Waals surface area contributed by atoms with Gasteiger partial charge in [-0.25, -0.2) is 23.3 Å². The lowest BCUT2D eigenvalue weighted by atomic mass is 10.1. The molecule has 4 rings (SSSR count). The van der Waals surface area contributed by atoms with Crippen molar-refractivity contribution in [1.29, 1.82) is 0 Å². The van der Waals surface area contributed by atoms with Crippen LogP contribution in [0, 0.1) is 0 Å². The number of phosphoric ester groups is 2. The highest BCUT2D eigenvalue weighted by Crippen LogP contribution is 2.67. The van der Waals surface area contributed by atoms with Crippen LogP contribution in [0.2, 0.25) is 0 Å². The number of rotatable bonds is 13. The Kier molecular flexibility index (Phi) is 11.8. The van der Waals surface area contributed by atoms with Crippen molar-refractivity contribution >= 4 is 47.3 Å². The Balaban J connectivity index is 1.26. The highest BCUT2D eigenvalue weighted by molar-refractivity contribution is 7.66. The van der Waals surface area contributed by atoms with Gasteiger partial charge in [-0.1, -0.05) is 5.16 Å². The first-order valence-electron chi connectivity index (χ1n) is 13.3. The molecule has 9 N–H and O–H groups in total. The number of amides is 5. The number of carbonyl (C=O) groups excluding carboxylic acids is 3. The molecule has 11 atom stereocenters. The first kappa shape index (κ1) is 37.7. The molecular formula is C19H32N5O20P3. The average molecular weight is 743 g/mol. The van der Waals surface area contributed by atoms with E-state index in [0.717, 1.165) is 9.80 Å². The second-order valence-electron chi connectivity index (χ2n) is 10.1. The summed E-state index contributed by atoms with van der Waals surface area (Å²) in [6.07, 6.45) is -13.4. The number of amidine groups is 1. The molecule has 0 aliphatic carbocycles. The molecule has 4 saturated heterocycles. The smallest absolute Gasteiger partial charge is 0.398 e. The van der Waals surface area contributed by atoms with E-state index in [4.69, 9.17) is 9.47 Å². The van der Waals surface area contributed by atoms with Gasteiger partial charge in [0, 0.05) is 25.9 Å². The lowest BCUT2D eigenvalue weighted by molar-refractivity contribution is -0.125. The fourth-order valence-electron chi connectivity index (χ4n) is 4.73. The van der Waals surface area contributed by atoms with Crippen molar-refractivity contribution in [2.24, 2.45) is 5.16 Å². The van der Waals surface area contributed by atoms with Gasteiger partial charge in [-0.3, -0.25) is 34.3 Å². The molecule has 0 aromatic heterocycles. The highest BCUT2D eigenvalue weighted by Gasteiger charge is 2.51. The van der Waals surface area contributed by atoms with Crippen molar-refractivity contribution < 1.29 is 95.2 Å². The second-order valence-corrected chi connectivity index (χ2v) is 14.8. The highest BCUT2D eigenvalue weighted by atomic mass is 31.3. The summed E-state index contributed by atoms with van der Waals surface area (Å²) in [6, 6.07) is -1.73. The molecule has 4 heterocycles. The number of aliphatic hydroxyl groups excluding tert-OH is 4. The summed E-state index contributed by atoms with van der Waals surface area (Å²) in [5.41, 5.74) is 0. The minimum atomic E-state index is -5.97. The Morgan fingerprint density at radius 1 is 0.745 bits per heavy atom. The van der Waals surface area contributed by atoms with E-state index in [2.05, 4.69) is 33.0 Å². The predicted octanol–water partition coefficient (Wildman–Crippen LogP) is -3.44. The largest absolute Gasteiger partial charge is 0.490 e. The van der Waals surface area contributed by atoms with E-state index in [-0.39, 0.29) is 31.8 Å². The molecule has 3 unspecified atom stereocenters. The van der Waals surface area contributed by atoms with Crippen molar-refractivity contribution in [3.8, 4) is 0 Å².